The molecule has 0 saturated heterocycles. The highest BCUT2D eigenvalue weighted by molar-refractivity contribution is 7.54. The average Bonchev–Trinajstić information content (AvgIpc) is 2.56. The van der Waals surface area contributed by atoms with E-state index in [2.05, 4.69) is 0 Å². The molecular weight excluding hydrogens is 332 g/mol. The van der Waals surface area contributed by atoms with Crippen LogP contribution in [0.25, 0.3) is 0 Å². The lowest BCUT2D eigenvalue weighted by Gasteiger charge is -2.25. The van der Waals surface area contributed by atoms with Crippen molar-refractivity contribution in [2.75, 3.05) is 73.6 Å². The third-order valence-corrected chi connectivity index (χ3v) is 6.97. The number of ether oxygens (including phenoxy) is 1. The summed E-state index contributed by atoms with van der Waals surface area (Å²) in [6.07, 6.45) is 0.493. The second kappa shape index (κ2) is 11.7. The summed E-state index contributed by atoms with van der Waals surface area (Å²) in [5, 5.41) is 0. The first-order valence-corrected chi connectivity index (χ1v) is 10.5. The highest BCUT2D eigenvalue weighted by atomic mass is 31.2. The molecule has 22 heavy (non-hydrogen) atoms. The highest BCUT2D eigenvalue weighted by Crippen LogP contribution is 2.47. The molecule has 0 unspecified atom stereocenters. The third-order valence-electron chi connectivity index (χ3n) is 3.25. The molecule has 10 heteroatoms. The zero-order chi connectivity index (χ0) is 17.1. The van der Waals surface area contributed by atoms with Crippen LogP contribution in [-0.4, -0.2) is 78.5 Å². The maximum Gasteiger partial charge on any atom is 0.331 e. The minimum atomic E-state index is -3.07. The summed E-state index contributed by atoms with van der Waals surface area (Å²) < 4.78 is 49.2. The second-order valence-electron chi connectivity index (χ2n) is 4.44. The summed E-state index contributed by atoms with van der Waals surface area (Å²) in [6, 6.07) is 0. The Morgan fingerprint density at radius 2 is 1.18 bits per heavy atom. The van der Waals surface area contributed by atoms with Crippen LogP contribution in [0.4, 0.5) is 0 Å². The molecule has 0 aliphatic heterocycles. The van der Waals surface area contributed by atoms with E-state index in [1.807, 2.05) is 11.8 Å². The smallest absolute Gasteiger partial charge is 0.331 e. The molecule has 0 rings (SSSR count). The molecule has 0 heterocycles. The summed E-state index contributed by atoms with van der Waals surface area (Å²) >= 11 is 0. The fourth-order valence-corrected chi connectivity index (χ4v) is 3.80. The van der Waals surface area contributed by atoms with Crippen LogP contribution in [0.1, 0.15) is 6.92 Å². The van der Waals surface area contributed by atoms with Crippen molar-refractivity contribution in [3.05, 3.63) is 0 Å². The van der Waals surface area contributed by atoms with Gasteiger partial charge in [0, 0.05) is 54.7 Å². The summed E-state index contributed by atoms with van der Waals surface area (Å²) in [5.41, 5.74) is 0. The van der Waals surface area contributed by atoms with Crippen LogP contribution in [0, 0.1) is 0 Å². The number of hydrogen-bond acceptors (Lipinski definition) is 8. The Hall–Kier alpha value is 0.220. The Balaban J connectivity index is 4.55. The maximum atomic E-state index is 12.1. The molecule has 0 amide bonds. The zero-order valence-electron chi connectivity index (χ0n) is 14.1. The molecule has 0 N–H and O–H groups in total. The lowest BCUT2D eigenvalue weighted by molar-refractivity contribution is 0.116. The van der Waals surface area contributed by atoms with Crippen molar-refractivity contribution in [2.45, 2.75) is 6.92 Å². The van der Waals surface area contributed by atoms with E-state index in [1.54, 1.807) is 0 Å². The standard InChI is InChI=1S/C12H29NO7P2/c1-6-20-10-7-13(8-11-21(14,16-2)17-3)9-12-22(15,18-4)19-5/h6-12H2,1-5H3. The second-order valence-corrected chi connectivity index (χ2v) is 9.24. The van der Waals surface area contributed by atoms with Gasteiger partial charge in [0.2, 0.25) is 0 Å². The Bertz CT molecular complexity index is 334. The van der Waals surface area contributed by atoms with Gasteiger partial charge in [-0.05, 0) is 6.92 Å². The Kier molecular flexibility index (Phi) is 11.8. The van der Waals surface area contributed by atoms with E-state index in [0.717, 1.165) is 0 Å². The lowest BCUT2D eigenvalue weighted by Crippen LogP contribution is -2.33. The van der Waals surface area contributed by atoms with Gasteiger partial charge in [0.1, 0.15) is 0 Å². The van der Waals surface area contributed by atoms with Crippen molar-refractivity contribution < 1.29 is 32.0 Å². The third kappa shape index (κ3) is 8.75. The van der Waals surface area contributed by atoms with Gasteiger partial charge in [0.05, 0.1) is 18.9 Å². The van der Waals surface area contributed by atoms with E-state index in [4.69, 9.17) is 22.8 Å². The Morgan fingerprint density at radius 3 is 1.50 bits per heavy atom. The normalized spacial score (nSPS) is 13.0. The molecule has 0 aliphatic carbocycles. The molecule has 0 aromatic carbocycles. The number of hydrogen-bond donors (Lipinski definition) is 0. The summed E-state index contributed by atoms with van der Waals surface area (Å²) in [4.78, 5) is 1.98. The summed E-state index contributed by atoms with van der Waals surface area (Å²) in [7, 11) is -0.693. The quantitative estimate of drug-likeness (QED) is 0.344. The molecule has 0 aliphatic rings. The Labute approximate surface area is 133 Å². The molecule has 8 nitrogen and oxygen atoms in total. The van der Waals surface area contributed by atoms with Crippen molar-refractivity contribution in [1.29, 1.82) is 0 Å². The summed E-state index contributed by atoms with van der Waals surface area (Å²) in [5.74, 6) is 0. The fourth-order valence-electron chi connectivity index (χ4n) is 1.72. The largest absolute Gasteiger partial charge is 0.380 e. The van der Waals surface area contributed by atoms with Crippen molar-refractivity contribution in [3.63, 3.8) is 0 Å². The predicted molar refractivity (Wildman–Crippen MR) is 85.9 cm³/mol. The van der Waals surface area contributed by atoms with Crippen LogP contribution in [0.15, 0.2) is 0 Å². The van der Waals surface area contributed by atoms with Crippen LogP contribution in [0.2, 0.25) is 0 Å². The highest BCUT2D eigenvalue weighted by Gasteiger charge is 2.25. The van der Waals surface area contributed by atoms with Gasteiger partial charge >= 0.3 is 15.2 Å². The van der Waals surface area contributed by atoms with Gasteiger partial charge in [-0.25, -0.2) is 0 Å². The molecule has 0 aromatic rings. The van der Waals surface area contributed by atoms with Crippen LogP contribution in [0.5, 0.6) is 0 Å². The molecule has 0 radical (unpaired) electrons. The predicted octanol–water partition coefficient (Wildman–Crippen LogP) is 2.30. The topological polar surface area (TPSA) is 83.5 Å². The van der Waals surface area contributed by atoms with Crippen LogP contribution in [0.3, 0.4) is 0 Å². The van der Waals surface area contributed by atoms with Gasteiger partial charge in [-0.1, -0.05) is 0 Å². The molecule has 0 bridgehead atoms. The summed E-state index contributed by atoms with van der Waals surface area (Å²) in [6.45, 7) is 4.63. The Morgan fingerprint density at radius 1 is 0.773 bits per heavy atom. The molecule has 0 saturated carbocycles. The molecule has 0 spiro atoms. The first-order chi connectivity index (χ1) is 10.4. The number of rotatable bonds is 14. The van der Waals surface area contributed by atoms with Gasteiger partial charge in [-0.3, -0.25) is 14.0 Å². The first kappa shape index (κ1) is 22.2. The molecule has 0 atom stereocenters. The van der Waals surface area contributed by atoms with Crippen LogP contribution in [-0.2, 0) is 32.0 Å². The number of nitrogens with zero attached hydrogens (tertiary/aromatic N) is 1. The van der Waals surface area contributed by atoms with Gasteiger partial charge in [0.15, 0.2) is 0 Å². The monoisotopic (exact) mass is 361 g/mol. The SMILES string of the molecule is CCOCCN(CCP(=O)(OC)OC)CCP(=O)(OC)OC. The molecule has 134 valence electrons. The zero-order valence-corrected chi connectivity index (χ0v) is 15.9. The van der Waals surface area contributed by atoms with Crippen molar-refractivity contribution in [3.8, 4) is 0 Å². The van der Waals surface area contributed by atoms with Gasteiger partial charge < -0.3 is 22.8 Å². The fraction of sp³-hybridized carbons (Fsp3) is 1.00. The lowest BCUT2D eigenvalue weighted by atomic mass is 10.5. The maximum absolute atomic E-state index is 12.1. The van der Waals surface area contributed by atoms with E-state index in [0.29, 0.717) is 32.8 Å². The van der Waals surface area contributed by atoms with Crippen LogP contribution < -0.4 is 0 Å². The van der Waals surface area contributed by atoms with E-state index < -0.39 is 15.2 Å². The van der Waals surface area contributed by atoms with E-state index >= 15 is 0 Å². The van der Waals surface area contributed by atoms with Crippen LogP contribution >= 0.6 is 15.2 Å². The van der Waals surface area contributed by atoms with Gasteiger partial charge in [0.25, 0.3) is 0 Å². The molecule has 0 fully saturated rings. The van der Waals surface area contributed by atoms with Crippen molar-refractivity contribution >= 4 is 15.2 Å². The van der Waals surface area contributed by atoms with Crippen molar-refractivity contribution in [2.24, 2.45) is 0 Å². The molecule has 0 aromatic heterocycles. The van der Waals surface area contributed by atoms with E-state index in [-0.39, 0.29) is 12.3 Å². The van der Waals surface area contributed by atoms with Gasteiger partial charge in [-0.2, -0.15) is 0 Å². The minimum Gasteiger partial charge on any atom is -0.380 e. The molecular formula is C12H29NO7P2. The van der Waals surface area contributed by atoms with Gasteiger partial charge in [-0.15, -0.1) is 0 Å². The van der Waals surface area contributed by atoms with E-state index in [9.17, 15) is 9.13 Å². The minimum absolute atomic E-state index is 0.246. The average molecular weight is 361 g/mol. The first-order valence-electron chi connectivity index (χ1n) is 7.09. The van der Waals surface area contributed by atoms with Crippen molar-refractivity contribution in [1.82, 2.24) is 4.90 Å². The van der Waals surface area contributed by atoms with E-state index in [1.165, 1.54) is 28.4 Å².